The summed E-state index contributed by atoms with van der Waals surface area (Å²) in [4.78, 5) is 12.9. The first-order chi connectivity index (χ1) is 8.70. The Morgan fingerprint density at radius 2 is 2.22 bits per heavy atom. The van der Waals surface area contributed by atoms with Crippen LogP contribution in [0.25, 0.3) is 0 Å². The maximum absolute atomic E-state index is 11.9. The van der Waals surface area contributed by atoms with Crippen LogP contribution in [0.3, 0.4) is 0 Å². The van der Waals surface area contributed by atoms with Crippen LogP contribution in [0.1, 0.15) is 37.0 Å². The Labute approximate surface area is 111 Å². The summed E-state index contributed by atoms with van der Waals surface area (Å²) in [6.45, 7) is 0.369. The van der Waals surface area contributed by atoms with Gasteiger partial charge in [-0.15, -0.1) is 11.3 Å². The highest BCUT2D eigenvalue weighted by Gasteiger charge is 2.46. The average molecular weight is 265 g/mol. The smallest absolute Gasteiger partial charge is 0.223 e. The number of rotatable bonds is 5. The van der Waals surface area contributed by atoms with Gasteiger partial charge in [-0.1, -0.05) is 12.5 Å². The molecule has 1 heterocycles. The molecule has 0 saturated heterocycles. The first-order valence-corrected chi connectivity index (χ1v) is 7.62. The highest BCUT2D eigenvalue weighted by molar-refractivity contribution is 7.10. The summed E-state index contributed by atoms with van der Waals surface area (Å²) in [6.07, 6.45) is 5.30. The highest BCUT2D eigenvalue weighted by atomic mass is 32.1. The second-order valence-electron chi connectivity index (χ2n) is 5.52. The van der Waals surface area contributed by atoms with Crippen LogP contribution in [0, 0.1) is 11.8 Å². The Balaban J connectivity index is 1.65. The second-order valence-corrected chi connectivity index (χ2v) is 6.47. The second kappa shape index (κ2) is 4.67. The van der Waals surface area contributed by atoms with E-state index in [1.165, 1.54) is 0 Å². The predicted molar refractivity (Wildman–Crippen MR) is 71.3 cm³/mol. The maximum atomic E-state index is 11.9. The van der Waals surface area contributed by atoms with Crippen molar-refractivity contribution in [2.75, 3.05) is 6.54 Å². The van der Waals surface area contributed by atoms with Gasteiger partial charge in [-0.3, -0.25) is 4.79 Å². The number of thiophene rings is 1. The van der Waals surface area contributed by atoms with Gasteiger partial charge >= 0.3 is 0 Å². The van der Waals surface area contributed by atoms with Gasteiger partial charge in [0.05, 0.1) is 6.54 Å². The van der Waals surface area contributed by atoms with Crippen molar-refractivity contribution in [1.82, 2.24) is 5.32 Å². The van der Waals surface area contributed by atoms with E-state index in [2.05, 4.69) is 5.32 Å². The lowest BCUT2D eigenvalue weighted by Crippen LogP contribution is -2.45. The standard InChI is InChI=1S/C14H19NO2S/c16-13(10-3-1-4-10)15-9-14(17,11-6-7-11)12-5-2-8-18-12/h2,5,8,10-11,17H,1,3-4,6-7,9H2,(H,15,16)/t14-/m0/s1. The molecule has 4 heteroatoms. The zero-order chi connectivity index (χ0) is 12.6. The van der Waals surface area contributed by atoms with Crippen molar-refractivity contribution in [3.63, 3.8) is 0 Å². The van der Waals surface area contributed by atoms with Gasteiger partial charge in [-0.25, -0.2) is 0 Å². The van der Waals surface area contributed by atoms with Crippen molar-refractivity contribution in [3.8, 4) is 0 Å². The normalized spacial score (nSPS) is 23.2. The SMILES string of the molecule is O=C(NC[C@@](O)(c1cccs1)C1CC1)C1CCC1. The third kappa shape index (κ3) is 2.19. The fraction of sp³-hybridized carbons (Fsp3) is 0.643. The number of hydrogen-bond acceptors (Lipinski definition) is 3. The lowest BCUT2D eigenvalue weighted by Gasteiger charge is -2.30. The van der Waals surface area contributed by atoms with E-state index >= 15 is 0 Å². The molecule has 2 fully saturated rings. The van der Waals surface area contributed by atoms with Gasteiger partial charge in [0.2, 0.25) is 5.91 Å². The van der Waals surface area contributed by atoms with E-state index in [4.69, 9.17) is 0 Å². The Morgan fingerprint density at radius 3 is 2.72 bits per heavy atom. The fourth-order valence-electron chi connectivity index (χ4n) is 2.56. The van der Waals surface area contributed by atoms with E-state index < -0.39 is 5.60 Å². The van der Waals surface area contributed by atoms with E-state index in [-0.39, 0.29) is 11.8 Å². The molecule has 18 heavy (non-hydrogen) atoms. The summed E-state index contributed by atoms with van der Waals surface area (Å²) in [5.74, 6) is 0.631. The first-order valence-electron chi connectivity index (χ1n) is 6.74. The van der Waals surface area contributed by atoms with Crippen LogP contribution in [-0.4, -0.2) is 17.6 Å². The van der Waals surface area contributed by atoms with Gasteiger partial charge in [-0.05, 0) is 43.0 Å². The van der Waals surface area contributed by atoms with Crippen molar-refractivity contribution in [2.24, 2.45) is 11.8 Å². The predicted octanol–water partition coefficient (Wildman–Crippen LogP) is 2.26. The van der Waals surface area contributed by atoms with Crippen molar-refractivity contribution < 1.29 is 9.90 Å². The Morgan fingerprint density at radius 1 is 1.44 bits per heavy atom. The zero-order valence-electron chi connectivity index (χ0n) is 10.4. The Hall–Kier alpha value is -0.870. The van der Waals surface area contributed by atoms with Gasteiger partial charge in [0.15, 0.2) is 0 Å². The van der Waals surface area contributed by atoms with E-state index in [0.717, 1.165) is 37.0 Å². The number of nitrogens with one attached hydrogen (secondary N) is 1. The average Bonchev–Trinajstić information content (AvgIpc) is 3.00. The van der Waals surface area contributed by atoms with Crippen molar-refractivity contribution >= 4 is 17.2 Å². The van der Waals surface area contributed by atoms with Crippen LogP contribution < -0.4 is 5.32 Å². The van der Waals surface area contributed by atoms with Gasteiger partial charge in [-0.2, -0.15) is 0 Å². The molecule has 3 rings (SSSR count). The highest BCUT2D eigenvalue weighted by Crippen LogP contribution is 2.46. The summed E-state index contributed by atoms with van der Waals surface area (Å²) in [6, 6.07) is 3.93. The summed E-state index contributed by atoms with van der Waals surface area (Å²) < 4.78 is 0. The molecule has 0 bridgehead atoms. The summed E-state index contributed by atoms with van der Waals surface area (Å²) in [5, 5.41) is 15.8. The van der Waals surface area contributed by atoms with E-state index in [0.29, 0.717) is 12.5 Å². The van der Waals surface area contributed by atoms with E-state index in [1.807, 2.05) is 17.5 Å². The van der Waals surface area contributed by atoms with Crippen molar-refractivity contribution in [2.45, 2.75) is 37.7 Å². The molecule has 0 aliphatic heterocycles. The zero-order valence-corrected chi connectivity index (χ0v) is 11.2. The fourth-order valence-corrected chi connectivity index (χ4v) is 3.46. The molecule has 0 spiro atoms. The Kier molecular flexibility index (Phi) is 3.16. The monoisotopic (exact) mass is 265 g/mol. The summed E-state index contributed by atoms with van der Waals surface area (Å²) in [5.41, 5.74) is -0.840. The molecule has 2 N–H and O–H groups in total. The number of amides is 1. The molecule has 1 amide bonds. The van der Waals surface area contributed by atoms with Crippen molar-refractivity contribution in [1.29, 1.82) is 0 Å². The summed E-state index contributed by atoms with van der Waals surface area (Å²) >= 11 is 1.58. The van der Waals surface area contributed by atoms with Gasteiger partial charge in [0, 0.05) is 10.8 Å². The quantitative estimate of drug-likeness (QED) is 0.858. The number of carbonyl (C=O) groups is 1. The van der Waals surface area contributed by atoms with Crippen molar-refractivity contribution in [3.05, 3.63) is 22.4 Å². The molecule has 98 valence electrons. The topological polar surface area (TPSA) is 49.3 Å². The molecule has 1 atom stereocenters. The minimum Gasteiger partial charge on any atom is -0.382 e. The number of carbonyl (C=O) groups excluding carboxylic acids is 1. The van der Waals surface area contributed by atoms with Gasteiger partial charge in [0.25, 0.3) is 0 Å². The lowest BCUT2D eigenvalue weighted by molar-refractivity contribution is -0.129. The Bertz CT molecular complexity index is 423. The van der Waals surface area contributed by atoms with Crippen LogP contribution in [0.15, 0.2) is 17.5 Å². The van der Waals surface area contributed by atoms with Crippen LogP contribution in [-0.2, 0) is 10.4 Å². The molecular formula is C14H19NO2S. The number of hydrogen-bond donors (Lipinski definition) is 2. The third-order valence-corrected chi connectivity index (χ3v) is 5.25. The van der Waals surface area contributed by atoms with Crippen LogP contribution in [0.4, 0.5) is 0 Å². The first kappa shape index (κ1) is 12.2. The van der Waals surface area contributed by atoms with E-state index in [1.54, 1.807) is 11.3 Å². The minimum absolute atomic E-state index is 0.122. The molecule has 0 aromatic carbocycles. The van der Waals surface area contributed by atoms with Crippen LogP contribution in [0.2, 0.25) is 0 Å². The molecule has 2 aliphatic carbocycles. The molecule has 1 aromatic rings. The van der Waals surface area contributed by atoms with Gasteiger partial charge < -0.3 is 10.4 Å². The molecule has 2 saturated carbocycles. The molecule has 0 unspecified atom stereocenters. The molecule has 1 aromatic heterocycles. The largest absolute Gasteiger partial charge is 0.382 e. The number of aliphatic hydroxyl groups is 1. The van der Waals surface area contributed by atoms with Gasteiger partial charge in [0.1, 0.15) is 5.60 Å². The third-order valence-electron chi connectivity index (χ3n) is 4.21. The molecule has 3 nitrogen and oxygen atoms in total. The molecule has 0 radical (unpaired) electrons. The molecular weight excluding hydrogens is 246 g/mol. The lowest BCUT2D eigenvalue weighted by atomic mass is 9.84. The van der Waals surface area contributed by atoms with Crippen LogP contribution in [0.5, 0.6) is 0 Å². The maximum Gasteiger partial charge on any atom is 0.223 e. The molecule has 2 aliphatic rings. The minimum atomic E-state index is -0.840. The summed E-state index contributed by atoms with van der Waals surface area (Å²) in [7, 11) is 0. The van der Waals surface area contributed by atoms with Crippen LogP contribution >= 0.6 is 11.3 Å². The van der Waals surface area contributed by atoms with E-state index in [9.17, 15) is 9.90 Å².